The van der Waals surface area contributed by atoms with Crippen LogP contribution in [-0.4, -0.2) is 71.4 Å². The third kappa shape index (κ3) is 5.03. The minimum atomic E-state index is -0.853. The smallest absolute Gasteiger partial charge is 0.335 e. The predicted octanol–water partition coefficient (Wildman–Crippen LogP) is 3.32. The Kier molecular flexibility index (Phi) is 6.80. The first-order chi connectivity index (χ1) is 15.0. The van der Waals surface area contributed by atoms with Crippen LogP contribution in [0.1, 0.15) is 41.9 Å². The number of nitrogens with zero attached hydrogens (tertiary/aromatic N) is 3. The lowest BCUT2D eigenvalue weighted by atomic mass is 9.68. The molecule has 0 unspecified atom stereocenters. The van der Waals surface area contributed by atoms with Gasteiger partial charge in [-0.1, -0.05) is 26.0 Å². The van der Waals surface area contributed by atoms with Gasteiger partial charge in [-0.15, -0.1) is 0 Å². The quantitative estimate of drug-likeness (QED) is 0.738. The molecule has 168 valence electrons. The lowest BCUT2D eigenvalue weighted by Crippen LogP contribution is -2.47. The molecule has 0 aliphatic carbocycles. The van der Waals surface area contributed by atoms with Gasteiger partial charge in [-0.05, 0) is 54.1 Å². The number of rotatable bonds is 7. The second-order valence-corrected chi connectivity index (χ2v) is 9.34. The number of carboxylic acid groups (broad SMARTS) is 1. The Labute approximate surface area is 185 Å². The summed E-state index contributed by atoms with van der Waals surface area (Å²) in [5, 5.41) is 9.38. The number of likely N-dealkylation sites (tertiary alicyclic amines) is 1. The largest absolute Gasteiger partial charge is 0.478 e. The lowest BCUT2D eigenvalue weighted by Gasteiger charge is -2.45. The molecule has 0 radical (unpaired) electrons. The van der Waals surface area contributed by atoms with Crippen molar-refractivity contribution in [3.63, 3.8) is 0 Å². The fraction of sp³-hybridized carbons (Fsp3) is 0.560. The second-order valence-electron chi connectivity index (χ2n) is 9.34. The number of carbonyl (C=O) groups is 1. The van der Waals surface area contributed by atoms with Gasteiger partial charge >= 0.3 is 5.97 Å². The minimum Gasteiger partial charge on any atom is -0.478 e. The van der Waals surface area contributed by atoms with Gasteiger partial charge in [0, 0.05) is 51.2 Å². The third-order valence-electron chi connectivity index (χ3n) is 7.41. The first-order valence-electron chi connectivity index (χ1n) is 11.5. The van der Waals surface area contributed by atoms with E-state index in [0.29, 0.717) is 11.5 Å². The minimum absolute atomic E-state index is 0.000285. The van der Waals surface area contributed by atoms with Gasteiger partial charge in [-0.25, -0.2) is 4.79 Å². The van der Waals surface area contributed by atoms with Gasteiger partial charge in [0.25, 0.3) is 0 Å². The highest BCUT2D eigenvalue weighted by molar-refractivity contribution is 5.87. The Morgan fingerprint density at radius 3 is 2.68 bits per heavy atom. The molecule has 1 N–H and O–H groups in total. The second kappa shape index (κ2) is 9.55. The van der Waals surface area contributed by atoms with Gasteiger partial charge in [0.05, 0.1) is 18.8 Å². The molecule has 0 bridgehead atoms. The van der Waals surface area contributed by atoms with Crippen LogP contribution in [0.4, 0.5) is 0 Å². The van der Waals surface area contributed by atoms with Crippen molar-refractivity contribution in [3.8, 4) is 0 Å². The molecule has 2 aliphatic heterocycles. The van der Waals surface area contributed by atoms with Crippen molar-refractivity contribution >= 4 is 5.97 Å². The molecular weight excluding hydrogens is 390 g/mol. The fourth-order valence-electron chi connectivity index (χ4n) is 5.01. The number of hydrogen-bond acceptors (Lipinski definition) is 4. The summed E-state index contributed by atoms with van der Waals surface area (Å²) in [5.74, 6) is -0.407. The normalized spacial score (nSPS) is 25.5. The zero-order valence-corrected chi connectivity index (χ0v) is 18.8. The van der Waals surface area contributed by atoms with Gasteiger partial charge in [-0.2, -0.15) is 0 Å². The molecule has 2 atom stereocenters. The maximum absolute atomic E-state index is 11.4. The fourth-order valence-corrected chi connectivity index (χ4v) is 5.01. The van der Waals surface area contributed by atoms with Gasteiger partial charge < -0.3 is 14.4 Å². The van der Waals surface area contributed by atoms with Crippen molar-refractivity contribution in [3.05, 3.63) is 59.4 Å². The number of carboxylic acids is 1. The molecule has 6 nitrogen and oxygen atoms in total. The average Bonchev–Trinajstić information content (AvgIpc) is 3.22. The van der Waals surface area contributed by atoms with Crippen LogP contribution >= 0.6 is 0 Å². The van der Waals surface area contributed by atoms with Crippen molar-refractivity contribution < 1.29 is 14.6 Å². The zero-order chi connectivity index (χ0) is 21.8. The Bertz CT molecular complexity index is 890. The van der Waals surface area contributed by atoms with Gasteiger partial charge in [0.1, 0.15) is 0 Å². The molecule has 3 heterocycles. The molecule has 2 fully saturated rings. The molecule has 6 heteroatoms. The van der Waals surface area contributed by atoms with E-state index in [1.54, 1.807) is 6.07 Å². The highest BCUT2D eigenvalue weighted by Gasteiger charge is 2.38. The Morgan fingerprint density at radius 1 is 1.13 bits per heavy atom. The maximum Gasteiger partial charge on any atom is 0.335 e. The van der Waals surface area contributed by atoms with E-state index in [1.807, 2.05) is 12.1 Å². The van der Waals surface area contributed by atoms with E-state index in [-0.39, 0.29) is 5.41 Å². The Hall–Kier alpha value is -2.15. The van der Waals surface area contributed by atoms with E-state index in [4.69, 9.17) is 4.74 Å². The topological polar surface area (TPSA) is 57.9 Å². The lowest BCUT2D eigenvalue weighted by molar-refractivity contribution is 0.0361. The third-order valence-corrected chi connectivity index (χ3v) is 7.41. The molecular formula is C25H35N3O3. The number of morpholine rings is 1. The molecule has 1 aromatic heterocycles. The predicted molar refractivity (Wildman–Crippen MR) is 122 cm³/mol. The van der Waals surface area contributed by atoms with E-state index >= 15 is 0 Å². The molecule has 0 spiro atoms. The van der Waals surface area contributed by atoms with Crippen molar-refractivity contribution in [2.75, 3.05) is 45.9 Å². The summed E-state index contributed by atoms with van der Waals surface area (Å²) < 4.78 is 7.85. The first-order valence-corrected chi connectivity index (χ1v) is 11.5. The highest BCUT2D eigenvalue weighted by atomic mass is 16.5. The Balaban J connectivity index is 1.37. The molecule has 0 saturated carbocycles. The summed E-state index contributed by atoms with van der Waals surface area (Å²) in [5.41, 5.74) is 2.90. The first kappa shape index (κ1) is 22.1. The van der Waals surface area contributed by atoms with E-state index < -0.39 is 5.97 Å². The van der Waals surface area contributed by atoms with Crippen LogP contribution in [0.5, 0.6) is 0 Å². The van der Waals surface area contributed by atoms with Crippen molar-refractivity contribution in [2.45, 2.75) is 38.8 Å². The van der Waals surface area contributed by atoms with Crippen molar-refractivity contribution in [1.29, 1.82) is 0 Å². The molecule has 4 rings (SSSR count). The number of benzene rings is 1. The standard InChI is InChI=1S/C25H35N3O3/c1-20-18-27(10-8-25(20,2)22-6-3-5-21(17-22)24(29)30)19-23-7-4-9-28(23)12-11-26-13-15-31-16-14-26/h3-7,9,17,20H,8,10-16,18-19H2,1-2H3,(H,29,30)/t20-,25+/m0/s1. The van der Waals surface area contributed by atoms with Crippen molar-refractivity contribution in [2.24, 2.45) is 5.92 Å². The number of aromatic carboxylic acids is 1. The van der Waals surface area contributed by atoms with Crippen LogP contribution in [0.15, 0.2) is 42.6 Å². The van der Waals surface area contributed by atoms with Crippen LogP contribution in [0.3, 0.4) is 0 Å². The molecule has 1 aromatic carbocycles. The van der Waals surface area contributed by atoms with Crippen LogP contribution in [-0.2, 0) is 23.2 Å². The van der Waals surface area contributed by atoms with E-state index in [0.717, 1.165) is 71.0 Å². The SMILES string of the molecule is C[C@H]1CN(Cc2cccn2CCN2CCOCC2)CC[C@@]1(C)c1cccc(C(=O)O)c1. The number of ether oxygens (including phenoxy) is 1. The van der Waals surface area contributed by atoms with Crippen LogP contribution in [0.2, 0.25) is 0 Å². The van der Waals surface area contributed by atoms with E-state index in [2.05, 4.69) is 52.6 Å². The van der Waals surface area contributed by atoms with Gasteiger partial charge in [-0.3, -0.25) is 9.80 Å². The van der Waals surface area contributed by atoms with E-state index in [1.165, 1.54) is 5.69 Å². The summed E-state index contributed by atoms with van der Waals surface area (Å²) in [6, 6.07) is 11.9. The van der Waals surface area contributed by atoms with Crippen LogP contribution < -0.4 is 0 Å². The van der Waals surface area contributed by atoms with Gasteiger partial charge in [0.15, 0.2) is 0 Å². The average molecular weight is 426 g/mol. The number of hydrogen-bond donors (Lipinski definition) is 1. The molecule has 0 amide bonds. The summed E-state index contributed by atoms with van der Waals surface area (Å²) in [4.78, 5) is 16.4. The molecule has 2 saturated heterocycles. The monoisotopic (exact) mass is 425 g/mol. The molecule has 31 heavy (non-hydrogen) atoms. The van der Waals surface area contributed by atoms with Crippen LogP contribution in [0.25, 0.3) is 0 Å². The summed E-state index contributed by atoms with van der Waals surface area (Å²) in [6.45, 7) is 13.4. The Morgan fingerprint density at radius 2 is 1.94 bits per heavy atom. The van der Waals surface area contributed by atoms with Crippen LogP contribution in [0, 0.1) is 5.92 Å². The zero-order valence-electron chi connectivity index (χ0n) is 18.8. The summed E-state index contributed by atoms with van der Waals surface area (Å²) in [7, 11) is 0. The number of piperidine rings is 1. The van der Waals surface area contributed by atoms with E-state index in [9.17, 15) is 9.90 Å². The van der Waals surface area contributed by atoms with Crippen molar-refractivity contribution in [1.82, 2.24) is 14.4 Å². The summed E-state index contributed by atoms with van der Waals surface area (Å²) >= 11 is 0. The maximum atomic E-state index is 11.4. The summed E-state index contributed by atoms with van der Waals surface area (Å²) in [6.07, 6.45) is 3.23. The molecule has 2 aliphatic rings. The molecule has 2 aromatic rings. The van der Waals surface area contributed by atoms with Gasteiger partial charge in [0.2, 0.25) is 0 Å². The number of aromatic nitrogens is 1. The highest BCUT2D eigenvalue weighted by Crippen LogP contribution is 2.40.